The summed E-state index contributed by atoms with van der Waals surface area (Å²) in [5.74, 6) is 1.60. The van der Waals surface area contributed by atoms with Crippen LogP contribution in [0.5, 0.6) is 0 Å². The summed E-state index contributed by atoms with van der Waals surface area (Å²) >= 11 is 0. The van der Waals surface area contributed by atoms with Crippen molar-refractivity contribution in [1.29, 1.82) is 0 Å². The molecule has 148 valence electrons. The molecule has 2 aromatic rings. The molecule has 0 bridgehead atoms. The van der Waals surface area contributed by atoms with Crippen molar-refractivity contribution in [3.8, 4) is 0 Å². The quantitative estimate of drug-likeness (QED) is 0.321. The minimum atomic E-state index is -1.03. The van der Waals surface area contributed by atoms with Gasteiger partial charge in [-0.15, -0.1) is 0 Å². The van der Waals surface area contributed by atoms with E-state index in [1.807, 2.05) is 49.4 Å². The molecule has 1 unspecified atom stereocenters. The fourth-order valence-corrected chi connectivity index (χ4v) is 2.58. The average Bonchev–Trinajstić information content (AvgIpc) is 3.19. The molecule has 0 radical (unpaired) electrons. The lowest BCUT2D eigenvalue weighted by Gasteiger charge is -2.22. The number of aliphatic hydroxyl groups is 1. The Hall–Kier alpha value is -2.31. The third kappa shape index (κ3) is 7.85. The van der Waals surface area contributed by atoms with Gasteiger partial charge in [0.1, 0.15) is 11.4 Å². The van der Waals surface area contributed by atoms with Crippen molar-refractivity contribution in [2.24, 2.45) is 4.99 Å². The van der Waals surface area contributed by atoms with Crippen molar-refractivity contribution in [2.75, 3.05) is 32.8 Å². The number of hydrogen-bond acceptors (Lipinski definition) is 4. The highest BCUT2D eigenvalue weighted by molar-refractivity contribution is 5.79. The Bertz CT molecular complexity index is 655. The zero-order valence-electron chi connectivity index (χ0n) is 16.3. The predicted molar refractivity (Wildman–Crippen MR) is 108 cm³/mol. The number of nitrogens with one attached hydrogen (secondary N) is 2. The van der Waals surface area contributed by atoms with E-state index in [-0.39, 0.29) is 6.54 Å². The number of rotatable bonds is 11. The van der Waals surface area contributed by atoms with E-state index < -0.39 is 5.60 Å². The summed E-state index contributed by atoms with van der Waals surface area (Å²) in [6.07, 6.45) is 3.33. The van der Waals surface area contributed by atoms with Crippen molar-refractivity contribution in [2.45, 2.75) is 32.3 Å². The van der Waals surface area contributed by atoms with Gasteiger partial charge in [-0.05, 0) is 38.0 Å². The Balaban J connectivity index is 1.90. The second-order valence-electron chi connectivity index (χ2n) is 6.54. The van der Waals surface area contributed by atoms with Gasteiger partial charge in [0, 0.05) is 32.7 Å². The number of aliphatic imine (C=N–C) groups is 1. The molecule has 0 spiro atoms. The lowest BCUT2D eigenvalue weighted by molar-refractivity contribution is 0.0672. The molecule has 1 atom stereocenters. The smallest absolute Gasteiger partial charge is 0.191 e. The first-order chi connectivity index (χ1) is 13.1. The van der Waals surface area contributed by atoms with E-state index in [0.29, 0.717) is 19.1 Å². The van der Waals surface area contributed by atoms with Crippen molar-refractivity contribution < 1.29 is 14.3 Å². The Morgan fingerprint density at radius 2 is 1.93 bits per heavy atom. The number of ether oxygens (including phenoxy) is 1. The van der Waals surface area contributed by atoms with Crippen LogP contribution in [0.2, 0.25) is 0 Å². The van der Waals surface area contributed by atoms with E-state index in [1.54, 1.807) is 13.2 Å². The number of furan rings is 1. The largest absolute Gasteiger partial charge is 0.469 e. The van der Waals surface area contributed by atoms with E-state index in [0.717, 1.165) is 37.3 Å². The van der Waals surface area contributed by atoms with Gasteiger partial charge in [0.15, 0.2) is 5.96 Å². The molecule has 1 aromatic heterocycles. The molecule has 27 heavy (non-hydrogen) atoms. The normalized spacial score (nSPS) is 14.0. The molecular weight excluding hydrogens is 342 g/mol. The SMILES string of the molecule is CCOCCCNC(=NCC(C)(O)c1ccccc1)NCCc1ccco1. The summed E-state index contributed by atoms with van der Waals surface area (Å²) in [5.41, 5.74) is -0.178. The topological polar surface area (TPSA) is 79.0 Å². The molecule has 0 amide bonds. The van der Waals surface area contributed by atoms with Crippen LogP contribution in [0.4, 0.5) is 0 Å². The summed E-state index contributed by atoms with van der Waals surface area (Å²) in [6.45, 7) is 6.91. The van der Waals surface area contributed by atoms with E-state index in [1.165, 1.54) is 0 Å². The molecule has 0 saturated carbocycles. The molecule has 2 rings (SSSR count). The van der Waals surface area contributed by atoms with Gasteiger partial charge in [-0.2, -0.15) is 0 Å². The molecule has 3 N–H and O–H groups in total. The molecule has 1 aromatic carbocycles. The molecule has 6 nitrogen and oxygen atoms in total. The Kier molecular flexibility index (Phi) is 8.87. The summed E-state index contributed by atoms with van der Waals surface area (Å²) < 4.78 is 10.7. The monoisotopic (exact) mass is 373 g/mol. The lowest BCUT2D eigenvalue weighted by Crippen LogP contribution is -2.40. The van der Waals surface area contributed by atoms with Gasteiger partial charge in [0.05, 0.1) is 12.8 Å². The zero-order chi connectivity index (χ0) is 19.4. The third-order valence-electron chi connectivity index (χ3n) is 4.15. The molecule has 0 aliphatic carbocycles. The average molecular weight is 373 g/mol. The van der Waals surface area contributed by atoms with E-state index in [9.17, 15) is 5.11 Å². The molecule has 1 heterocycles. The van der Waals surface area contributed by atoms with E-state index in [2.05, 4.69) is 15.6 Å². The van der Waals surface area contributed by atoms with Crippen LogP contribution in [0, 0.1) is 0 Å². The van der Waals surface area contributed by atoms with Gasteiger partial charge < -0.3 is 24.9 Å². The summed E-state index contributed by atoms with van der Waals surface area (Å²) in [4.78, 5) is 4.58. The van der Waals surface area contributed by atoms with Crippen LogP contribution in [0.15, 0.2) is 58.1 Å². The number of hydrogen-bond donors (Lipinski definition) is 3. The summed E-state index contributed by atoms with van der Waals surface area (Å²) in [6, 6.07) is 13.4. The third-order valence-corrected chi connectivity index (χ3v) is 4.15. The van der Waals surface area contributed by atoms with E-state index >= 15 is 0 Å². The maximum Gasteiger partial charge on any atom is 0.191 e. The van der Waals surface area contributed by atoms with Crippen LogP contribution in [-0.4, -0.2) is 43.9 Å². The highest BCUT2D eigenvalue weighted by atomic mass is 16.5. The van der Waals surface area contributed by atoms with Crippen LogP contribution in [0.3, 0.4) is 0 Å². The first-order valence-corrected chi connectivity index (χ1v) is 9.52. The maximum atomic E-state index is 10.8. The fourth-order valence-electron chi connectivity index (χ4n) is 2.58. The zero-order valence-corrected chi connectivity index (χ0v) is 16.3. The maximum absolute atomic E-state index is 10.8. The first-order valence-electron chi connectivity index (χ1n) is 9.52. The van der Waals surface area contributed by atoms with E-state index in [4.69, 9.17) is 9.15 Å². The van der Waals surface area contributed by atoms with Crippen molar-refractivity contribution in [3.63, 3.8) is 0 Å². The number of guanidine groups is 1. The second-order valence-corrected chi connectivity index (χ2v) is 6.54. The Morgan fingerprint density at radius 3 is 2.63 bits per heavy atom. The van der Waals surface area contributed by atoms with Crippen molar-refractivity contribution >= 4 is 5.96 Å². The standard InChI is InChI=1S/C21H31N3O3/c1-3-26-15-8-13-22-20(23-14-12-19-11-7-16-27-19)24-17-21(2,25)18-9-5-4-6-10-18/h4-7,9-11,16,25H,3,8,12-15,17H2,1-2H3,(H2,22,23,24). The predicted octanol–water partition coefficient (Wildman–Crippen LogP) is 2.69. The number of benzene rings is 1. The number of nitrogens with zero attached hydrogens (tertiary/aromatic N) is 1. The fraction of sp³-hybridized carbons (Fsp3) is 0.476. The van der Waals surface area contributed by atoms with Crippen LogP contribution in [0.25, 0.3) is 0 Å². The van der Waals surface area contributed by atoms with Gasteiger partial charge in [0.2, 0.25) is 0 Å². The van der Waals surface area contributed by atoms with Crippen LogP contribution in [-0.2, 0) is 16.8 Å². The first kappa shape index (κ1) is 21.0. The lowest BCUT2D eigenvalue weighted by atomic mass is 9.96. The van der Waals surface area contributed by atoms with Gasteiger partial charge in [-0.1, -0.05) is 30.3 Å². The van der Waals surface area contributed by atoms with Gasteiger partial charge in [-0.3, -0.25) is 0 Å². The van der Waals surface area contributed by atoms with Gasteiger partial charge >= 0.3 is 0 Å². The minimum absolute atomic E-state index is 0.262. The second kappa shape index (κ2) is 11.4. The summed E-state index contributed by atoms with van der Waals surface area (Å²) in [5, 5.41) is 17.4. The molecule has 0 aliphatic heterocycles. The molecular formula is C21H31N3O3. The van der Waals surface area contributed by atoms with Crippen molar-refractivity contribution in [3.05, 3.63) is 60.1 Å². The molecule has 0 aliphatic rings. The van der Waals surface area contributed by atoms with Crippen LogP contribution in [0.1, 0.15) is 31.6 Å². The van der Waals surface area contributed by atoms with Gasteiger partial charge in [0.25, 0.3) is 0 Å². The van der Waals surface area contributed by atoms with Crippen LogP contribution >= 0.6 is 0 Å². The Morgan fingerprint density at radius 1 is 1.15 bits per heavy atom. The highest BCUT2D eigenvalue weighted by Gasteiger charge is 2.22. The highest BCUT2D eigenvalue weighted by Crippen LogP contribution is 2.20. The molecule has 0 saturated heterocycles. The molecule has 6 heteroatoms. The minimum Gasteiger partial charge on any atom is -0.469 e. The van der Waals surface area contributed by atoms with Gasteiger partial charge in [-0.25, -0.2) is 4.99 Å². The Labute approximate surface area is 161 Å². The molecule has 0 fully saturated rings. The summed E-state index contributed by atoms with van der Waals surface area (Å²) in [7, 11) is 0. The van der Waals surface area contributed by atoms with Crippen LogP contribution < -0.4 is 10.6 Å². The van der Waals surface area contributed by atoms with Crippen molar-refractivity contribution in [1.82, 2.24) is 10.6 Å².